The summed E-state index contributed by atoms with van der Waals surface area (Å²) in [5.41, 5.74) is 1.76. The summed E-state index contributed by atoms with van der Waals surface area (Å²) in [6.45, 7) is 3.22. The van der Waals surface area contributed by atoms with Gasteiger partial charge in [0.25, 0.3) is 0 Å². The van der Waals surface area contributed by atoms with Gasteiger partial charge >= 0.3 is 5.63 Å². The number of carbonyl (C=O) groups excluding carboxylic acids is 1. The van der Waals surface area contributed by atoms with Crippen LogP contribution < -0.4 is 19.8 Å². The van der Waals surface area contributed by atoms with Crippen molar-refractivity contribution in [2.75, 3.05) is 13.5 Å². The SMILES string of the molecule is CC(=O)c1cc2ccc3c(c2oc1=O)CN(Cc1ccc2c(c1)OCO2)CO3. The second-order valence-electron chi connectivity index (χ2n) is 6.91. The third kappa shape index (κ3) is 2.80. The van der Waals surface area contributed by atoms with Crippen LogP contribution in [0.4, 0.5) is 0 Å². The van der Waals surface area contributed by atoms with Crippen molar-refractivity contribution in [3.05, 3.63) is 63.5 Å². The van der Waals surface area contributed by atoms with Gasteiger partial charge in [-0.2, -0.15) is 0 Å². The van der Waals surface area contributed by atoms with E-state index in [4.69, 9.17) is 18.6 Å². The number of benzene rings is 2. The average Bonchev–Trinajstić information content (AvgIpc) is 3.15. The molecule has 0 atom stereocenters. The van der Waals surface area contributed by atoms with Crippen LogP contribution in [-0.2, 0) is 13.1 Å². The Morgan fingerprint density at radius 1 is 1.04 bits per heavy atom. The van der Waals surface area contributed by atoms with E-state index < -0.39 is 5.63 Å². The van der Waals surface area contributed by atoms with Crippen molar-refractivity contribution in [1.29, 1.82) is 0 Å². The summed E-state index contributed by atoms with van der Waals surface area (Å²) in [5.74, 6) is 1.87. The number of fused-ring (bicyclic) bond motifs is 4. The van der Waals surface area contributed by atoms with E-state index in [1.807, 2.05) is 24.3 Å². The van der Waals surface area contributed by atoms with Gasteiger partial charge in [0.15, 0.2) is 17.3 Å². The molecule has 2 aromatic carbocycles. The first kappa shape index (κ1) is 16.8. The summed E-state index contributed by atoms with van der Waals surface area (Å²) >= 11 is 0. The zero-order valence-corrected chi connectivity index (χ0v) is 15.2. The molecule has 0 saturated heterocycles. The molecule has 0 spiro atoms. The maximum atomic E-state index is 12.2. The van der Waals surface area contributed by atoms with E-state index in [1.165, 1.54) is 6.92 Å². The highest BCUT2D eigenvalue weighted by Crippen LogP contribution is 2.35. The zero-order valence-electron chi connectivity index (χ0n) is 15.2. The Labute approximate surface area is 160 Å². The number of carbonyl (C=O) groups is 1. The molecule has 0 bridgehead atoms. The summed E-state index contributed by atoms with van der Waals surface area (Å²) in [6.07, 6.45) is 0. The first-order valence-corrected chi connectivity index (χ1v) is 8.93. The minimum absolute atomic E-state index is 0.0568. The van der Waals surface area contributed by atoms with E-state index in [-0.39, 0.29) is 18.1 Å². The van der Waals surface area contributed by atoms with Gasteiger partial charge in [0.05, 0.1) is 5.56 Å². The standard InChI is InChI=1S/C21H17NO6/c1-12(23)15-7-14-3-5-17-16(20(14)28-21(15)24)9-22(10-25-17)8-13-2-4-18-19(6-13)27-11-26-18/h2-7H,8-11H2,1H3. The molecule has 3 heterocycles. The van der Waals surface area contributed by atoms with Crippen LogP contribution in [0.5, 0.6) is 17.2 Å². The molecular weight excluding hydrogens is 362 g/mol. The van der Waals surface area contributed by atoms with Gasteiger partial charge in [-0.1, -0.05) is 6.07 Å². The lowest BCUT2D eigenvalue weighted by Crippen LogP contribution is -2.31. The molecule has 0 aliphatic carbocycles. The second kappa shape index (κ2) is 6.38. The van der Waals surface area contributed by atoms with Gasteiger partial charge in [0.2, 0.25) is 6.79 Å². The Kier molecular flexibility index (Phi) is 3.84. The number of ether oxygens (including phenoxy) is 3. The van der Waals surface area contributed by atoms with Gasteiger partial charge in [-0.05, 0) is 42.8 Å². The van der Waals surface area contributed by atoms with E-state index in [2.05, 4.69) is 4.90 Å². The van der Waals surface area contributed by atoms with Crippen molar-refractivity contribution in [3.8, 4) is 17.2 Å². The molecule has 28 heavy (non-hydrogen) atoms. The summed E-state index contributed by atoms with van der Waals surface area (Å²) in [4.78, 5) is 25.9. The molecule has 1 aromatic heterocycles. The van der Waals surface area contributed by atoms with E-state index in [9.17, 15) is 9.59 Å². The van der Waals surface area contributed by atoms with Crippen LogP contribution in [0.2, 0.25) is 0 Å². The molecule has 7 heteroatoms. The summed E-state index contributed by atoms with van der Waals surface area (Å²) in [7, 11) is 0. The van der Waals surface area contributed by atoms with Crippen molar-refractivity contribution in [1.82, 2.24) is 4.90 Å². The first-order valence-electron chi connectivity index (χ1n) is 8.93. The Bertz CT molecular complexity index is 1170. The van der Waals surface area contributed by atoms with Gasteiger partial charge in [-0.15, -0.1) is 0 Å². The van der Waals surface area contributed by atoms with Gasteiger partial charge in [-0.25, -0.2) is 4.79 Å². The highest BCUT2D eigenvalue weighted by Gasteiger charge is 2.23. The molecule has 0 saturated carbocycles. The Morgan fingerprint density at radius 2 is 1.86 bits per heavy atom. The minimum atomic E-state index is -0.624. The zero-order chi connectivity index (χ0) is 19.3. The van der Waals surface area contributed by atoms with Crippen LogP contribution in [0, 0.1) is 0 Å². The van der Waals surface area contributed by atoms with E-state index >= 15 is 0 Å². The Balaban J connectivity index is 1.47. The highest BCUT2D eigenvalue weighted by molar-refractivity contribution is 5.97. The van der Waals surface area contributed by atoms with Crippen molar-refractivity contribution < 1.29 is 23.4 Å². The smallest absolute Gasteiger partial charge is 0.347 e. The van der Waals surface area contributed by atoms with Gasteiger partial charge in [0, 0.05) is 18.5 Å². The Morgan fingerprint density at radius 3 is 2.71 bits per heavy atom. The maximum Gasteiger partial charge on any atom is 0.347 e. The molecule has 2 aliphatic rings. The normalized spacial score (nSPS) is 15.3. The molecular formula is C21H17NO6. The highest BCUT2D eigenvalue weighted by atomic mass is 16.7. The summed E-state index contributed by atoms with van der Waals surface area (Å²) < 4.78 is 22.1. The number of hydrogen-bond donors (Lipinski definition) is 0. The lowest BCUT2D eigenvalue weighted by Gasteiger charge is -2.29. The van der Waals surface area contributed by atoms with Crippen molar-refractivity contribution in [2.24, 2.45) is 0 Å². The average molecular weight is 379 g/mol. The number of Topliss-reactive ketones (excluding diaryl/α,β-unsaturated/α-hetero) is 1. The number of nitrogens with zero attached hydrogens (tertiary/aromatic N) is 1. The molecule has 0 unspecified atom stereocenters. The third-order valence-corrected chi connectivity index (χ3v) is 4.97. The molecule has 142 valence electrons. The number of hydrogen-bond acceptors (Lipinski definition) is 7. The van der Waals surface area contributed by atoms with Crippen LogP contribution in [0.15, 0.2) is 45.6 Å². The molecule has 5 rings (SSSR count). The van der Waals surface area contributed by atoms with Crippen molar-refractivity contribution >= 4 is 16.8 Å². The molecule has 7 nitrogen and oxygen atoms in total. The lowest BCUT2D eigenvalue weighted by atomic mass is 10.1. The Hall–Kier alpha value is -3.32. The van der Waals surface area contributed by atoms with Crippen LogP contribution in [0.25, 0.3) is 11.0 Å². The van der Waals surface area contributed by atoms with Crippen molar-refractivity contribution in [3.63, 3.8) is 0 Å². The molecule has 2 aliphatic heterocycles. The third-order valence-electron chi connectivity index (χ3n) is 4.97. The fourth-order valence-electron chi connectivity index (χ4n) is 3.58. The van der Waals surface area contributed by atoms with E-state index in [0.29, 0.717) is 36.5 Å². The fourth-order valence-corrected chi connectivity index (χ4v) is 3.58. The molecule has 0 fully saturated rings. The molecule has 0 radical (unpaired) electrons. The van der Waals surface area contributed by atoms with Crippen LogP contribution in [-0.4, -0.2) is 24.2 Å². The fraction of sp³-hybridized carbons (Fsp3) is 0.238. The summed E-state index contributed by atoms with van der Waals surface area (Å²) in [6, 6.07) is 11.1. The molecule has 3 aromatic rings. The monoisotopic (exact) mass is 379 g/mol. The largest absolute Gasteiger partial charge is 0.478 e. The van der Waals surface area contributed by atoms with Gasteiger partial charge in [-0.3, -0.25) is 9.69 Å². The van der Waals surface area contributed by atoms with Crippen LogP contribution >= 0.6 is 0 Å². The molecule has 0 N–H and O–H groups in total. The van der Waals surface area contributed by atoms with Crippen molar-refractivity contribution in [2.45, 2.75) is 20.0 Å². The maximum absolute atomic E-state index is 12.2. The van der Waals surface area contributed by atoms with Crippen LogP contribution in [0.1, 0.15) is 28.4 Å². The van der Waals surface area contributed by atoms with E-state index in [0.717, 1.165) is 22.6 Å². The lowest BCUT2D eigenvalue weighted by molar-refractivity contribution is 0.0889. The second-order valence-corrected chi connectivity index (χ2v) is 6.91. The predicted molar refractivity (Wildman–Crippen MR) is 99.8 cm³/mol. The topological polar surface area (TPSA) is 78.2 Å². The predicted octanol–water partition coefficient (Wildman–Crippen LogP) is 3.08. The minimum Gasteiger partial charge on any atom is -0.478 e. The van der Waals surface area contributed by atoms with E-state index in [1.54, 1.807) is 12.1 Å². The molecule has 0 amide bonds. The quantitative estimate of drug-likeness (QED) is 0.511. The number of ketones is 1. The number of rotatable bonds is 3. The summed E-state index contributed by atoms with van der Waals surface area (Å²) in [5, 5.41) is 0.706. The first-order chi connectivity index (χ1) is 13.6. The van der Waals surface area contributed by atoms with Gasteiger partial charge in [0.1, 0.15) is 23.6 Å². The van der Waals surface area contributed by atoms with Gasteiger partial charge < -0.3 is 18.6 Å². The van der Waals surface area contributed by atoms with Crippen LogP contribution in [0.3, 0.4) is 0 Å².